The van der Waals surface area contributed by atoms with Crippen molar-refractivity contribution in [1.82, 2.24) is 0 Å². The molecule has 0 unspecified atom stereocenters. The smallest absolute Gasteiger partial charge is 0.255 e. The van der Waals surface area contributed by atoms with Gasteiger partial charge in [0.05, 0.1) is 11.4 Å². The Kier molecular flexibility index (Phi) is 6.19. The van der Waals surface area contributed by atoms with Crippen LogP contribution in [-0.2, 0) is 10.0 Å². The monoisotopic (exact) mass is 410 g/mol. The molecular formula is C22H22N2O4S. The van der Waals surface area contributed by atoms with Gasteiger partial charge in [0.1, 0.15) is 11.5 Å². The first-order valence-corrected chi connectivity index (χ1v) is 10.8. The Hall–Kier alpha value is -3.32. The second kappa shape index (κ2) is 8.79. The zero-order valence-electron chi connectivity index (χ0n) is 16.2. The number of anilines is 2. The summed E-state index contributed by atoms with van der Waals surface area (Å²) < 4.78 is 31.8. The zero-order chi connectivity index (χ0) is 20.9. The van der Waals surface area contributed by atoms with E-state index in [4.69, 9.17) is 4.74 Å². The SMILES string of the molecule is CCS(=O)(=O)Nc1ccc(NC(=O)c2cccc(Oc3ccccc3)c2)cc1C. The molecule has 3 aromatic rings. The number of rotatable bonds is 7. The summed E-state index contributed by atoms with van der Waals surface area (Å²) in [5, 5.41) is 2.82. The molecule has 0 fully saturated rings. The van der Waals surface area contributed by atoms with E-state index in [1.165, 1.54) is 0 Å². The van der Waals surface area contributed by atoms with Gasteiger partial charge in [-0.2, -0.15) is 0 Å². The van der Waals surface area contributed by atoms with E-state index in [0.29, 0.717) is 34.0 Å². The van der Waals surface area contributed by atoms with E-state index in [1.54, 1.807) is 56.3 Å². The van der Waals surface area contributed by atoms with Crippen LogP contribution in [0, 0.1) is 6.92 Å². The quantitative estimate of drug-likeness (QED) is 0.586. The average molecular weight is 410 g/mol. The predicted molar refractivity (Wildman–Crippen MR) is 115 cm³/mol. The fourth-order valence-electron chi connectivity index (χ4n) is 2.62. The van der Waals surface area contributed by atoms with Gasteiger partial charge in [-0.15, -0.1) is 0 Å². The molecule has 3 aromatic carbocycles. The Balaban J connectivity index is 1.72. The fourth-order valence-corrected chi connectivity index (χ4v) is 3.33. The lowest BCUT2D eigenvalue weighted by atomic mass is 10.1. The van der Waals surface area contributed by atoms with Crippen LogP contribution in [0.3, 0.4) is 0 Å². The van der Waals surface area contributed by atoms with Crippen LogP contribution in [0.2, 0.25) is 0 Å². The summed E-state index contributed by atoms with van der Waals surface area (Å²) in [4.78, 5) is 12.6. The first-order chi connectivity index (χ1) is 13.9. The molecule has 0 bridgehead atoms. The van der Waals surface area contributed by atoms with Gasteiger partial charge in [0.15, 0.2) is 0 Å². The molecule has 7 heteroatoms. The molecule has 0 saturated carbocycles. The Labute approximate surface area is 170 Å². The van der Waals surface area contributed by atoms with Crippen LogP contribution < -0.4 is 14.8 Å². The highest BCUT2D eigenvalue weighted by atomic mass is 32.2. The van der Waals surface area contributed by atoms with Crippen LogP contribution in [-0.4, -0.2) is 20.1 Å². The number of hydrogen-bond donors (Lipinski definition) is 2. The third-order valence-electron chi connectivity index (χ3n) is 4.20. The number of carbonyl (C=O) groups excluding carboxylic acids is 1. The molecule has 2 N–H and O–H groups in total. The van der Waals surface area contributed by atoms with Crippen LogP contribution in [0.4, 0.5) is 11.4 Å². The van der Waals surface area contributed by atoms with Crippen molar-refractivity contribution in [2.75, 3.05) is 15.8 Å². The van der Waals surface area contributed by atoms with Gasteiger partial charge < -0.3 is 10.1 Å². The van der Waals surface area contributed by atoms with E-state index in [0.717, 1.165) is 0 Å². The van der Waals surface area contributed by atoms with E-state index in [2.05, 4.69) is 10.0 Å². The summed E-state index contributed by atoms with van der Waals surface area (Å²) in [6, 6.07) is 21.2. The van der Waals surface area contributed by atoms with Gasteiger partial charge in [-0.3, -0.25) is 9.52 Å². The summed E-state index contributed by atoms with van der Waals surface area (Å²) in [5.74, 6) is 0.951. The molecule has 0 spiro atoms. The van der Waals surface area contributed by atoms with Gasteiger partial charge in [0.25, 0.3) is 5.91 Å². The number of hydrogen-bond acceptors (Lipinski definition) is 4. The number of amides is 1. The van der Waals surface area contributed by atoms with E-state index in [9.17, 15) is 13.2 Å². The molecular weight excluding hydrogens is 388 g/mol. The maximum absolute atomic E-state index is 12.6. The van der Waals surface area contributed by atoms with Gasteiger partial charge >= 0.3 is 0 Å². The topological polar surface area (TPSA) is 84.5 Å². The Bertz CT molecular complexity index is 1110. The van der Waals surface area contributed by atoms with Crippen LogP contribution in [0.25, 0.3) is 0 Å². The number of sulfonamides is 1. The molecule has 0 radical (unpaired) electrons. The molecule has 0 aromatic heterocycles. The molecule has 1 amide bonds. The van der Waals surface area contributed by atoms with Crippen molar-refractivity contribution in [3.63, 3.8) is 0 Å². The first-order valence-electron chi connectivity index (χ1n) is 9.12. The van der Waals surface area contributed by atoms with Gasteiger partial charge in [0, 0.05) is 11.3 Å². The highest BCUT2D eigenvalue weighted by molar-refractivity contribution is 7.92. The van der Waals surface area contributed by atoms with Crippen LogP contribution >= 0.6 is 0 Å². The Morgan fingerprint density at radius 3 is 2.34 bits per heavy atom. The van der Waals surface area contributed by atoms with Crippen LogP contribution in [0.1, 0.15) is 22.8 Å². The third kappa shape index (κ3) is 5.58. The number of carbonyl (C=O) groups is 1. The van der Waals surface area contributed by atoms with Gasteiger partial charge in [-0.1, -0.05) is 24.3 Å². The van der Waals surface area contributed by atoms with E-state index >= 15 is 0 Å². The summed E-state index contributed by atoms with van der Waals surface area (Å²) in [6.07, 6.45) is 0. The number of benzene rings is 3. The lowest BCUT2D eigenvalue weighted by Crippen LogP contribution is -2.16. The van der Waals surface area contributed by atoms with Gasteiger partial charge in [0.2, 0.25) is 10.0 Å². The van der Waals surface area contributed by atoms with Crippen molar-refractivity contribution in [2.45, 2.75) is 13.8 Å². The van der Waals surface area contributed by atoms with Crippen molar-refractivity contribution >= 4 is 27.3 Å². The molecule has 6 nitrogen and oxygen atoms in total. The molecule has 0 aliphatic carbocycles. The van der Waals surface area contributed by atoms with Gasteiger partial charge in [-0.05, 0) is 67.9 Å². The van der Waals surface area contributed by atoms with Crippen molar-refractivity contribution in [2.24, 2.45) is 0 Å². The predicted octanol–water partition coefficient (Wildman–Crippen LogP) is 4.80. The minimum atomic E-state index is -3.36. The molecule has 3 rings (SSSR count). The minimum Gasteiger partial charge on any atom is -0.457 e. The molecule has 0 aliphatic heterocycles. The van der Waals surface area contributed by atoms with Crippen molar-refractivity contribution < 1.29 is 17.9 Å². The summed E-state index contributed by atoms with van der Waals surface area (Å²) in [5.41, 5.74) is 2.22. The lowest BCUT2D eigenvalue weighted by Gasteiger charge is -2.12. The summed E-state index contributed by atoms with van der Waals surface area (Å²) in [7, 11) is -3.36. The maximum atomic E-state index is 12.6. The highest BCUT2D eigenvalue weighted by Gasteiger charge is 2.11. The largest absolute Gasteiger partial charge is 0.457 e. The minimum absolute atomic E-state index is 0.00762. The number of nitrogens with one attached hydrogen (secondary N) is 2. The normalized spacial score (nSPS) is 11.0. The van der Waals surface area contributed by atoms with Crippen LogP contribution in [0.15, 0.2) is 72.8 Å². The molecule has 0 aliphatic rings. The zero-order valence-corrected chi connectivity index (χ0v) is 17.0. The Morgan fingerprint density at radius 2 is 1.66 bits per heavy atom. The molecule has 0 saturated heterocycles. The molecule has 0 atom stereocenters. The van der Waals surface area contributed by atoms with Gasteiger partial charge in [-0.25, -0.2) is 8.42 Å². The highest BCUT2D eigenvalue weighted by Crippen LogP contribution is 2.24. The Morgan fingerprint density at radius 1 is 0.931 bits per heavy atom. The number of aryl methyl sites for hydroxylation is 1. The molecule has 150 valence electrons. The first kappa shape index (κ1) is 20.4. The number of ether oxygens (including phenoxy) is 1. The van der Waals surface area contributed by atoms with Crippen molar-refractivity contribution in [3.8, 4) is 11.5 Å². The second-order valence-electron chi connectivity index (χ2n) is 6.43. The summed E-state index contributed by atoms with van der Waals surface area (Å²) in [6.45, 7) is 3.35. The maximum Gasteiger partial charge on any atom is 0.255 e. The second-order valence-corrected chi connectivity index (χ2v) is 8.44. The lowest BCUT2D eigenvalue weighted by molar-refractivity contribution is 0.102. The standard InChI is InChI=1S/C22H22N2O4S/c1-3-29(26,27)24-21-13-12-18(14-16(21)2)23-22(25)17-8-7-11-20(15-17)28-19-9-5-4-6-10-19/h4-15,24H,3H2,1-2H3,(H,23,25). The fraction of sp³-hybridized carbons (Fsp3) is 0.136. The van der Waals surface area contributed by atoms with E-state index in [1.807, 2.05) is 30.3 Å². The third-order valence-corrected chi connectivity index (χ3v) is 5.50. The molecule has 0 heterocycles. The van der Waals surface area contributed by atoms with E-state index in [-0.39, 0.29) is 11.7 Å². The van der Waals surface area contributed by atoms with Crippen molar-refractivity contribution in [1.29, 1.82) is 0 Å². The number of para-hydroxylation sites is 1. The summed E-state index contributed by atoms with van der Waals surface area (Å²) >= 11 is 0. The molecule has 29 heavy (non-hydrogen) atoms. The van der Waals surface area contributed by atoms with Crippen LogP contribution in [0.5, 0.6) is 11.5 Å². The van der Waals surface area contributed by atoms with E-state index < -0.39 is 10.0 Å². The average Bonchev–Trinajstić information content (AvgIpc) is 2.71. The van der Waals surface area contributed by atoms with Crippen molar-refractivity contribution in [3.05, 3.63) is 83.9 Å².